The Morgan fingerprint density at radius 1 is 1.39 bits per heavy atom. The number of methoxy groups -OCH3 is 1. The Bertz CT molecular complexity index is 449. The quantitative estimate of drug-likeness (QED) is 0.827. The molecule has 98 valence electrons. The molecule has 2 N–H and O–H groups in total. The molecular formula is C12H15ClN2O3. The third kappa shape index (κ3) is 3.92. The number of esters is 1. The van der Waals surface area contributed by atoms with Crippen LogP contribution in [0, 0.1) is 0 Å². The Morgan fingerprint density at radius 2 is 2.11 bits per heavy atom. The Balaban J connectivity index is 2.87. The zero-order valence-corrected chi connectivity index (χ0v) is 11.0. The normalized spacial score (nSPS) is 9.72. The van der Waals surface area contributed by atoms with Crippen molar-refractivity contribution in [3.63, 3.8) is 0 Å². The summed E-state index contributed by atoms with van der Waals surface area (Å²) in [5.41, 5.74) is 0.580. The summed E-state index contributed by atoms with van der Waals surface area (Å²) in [6, 6.07) is 4.22. The van der Waals surface area contributed by atoms with Crippen molar-refractivity contribution < 1.29 is 14.3 Å². The molecule has 0 aromatic heterocycles. The van der Waals surface area contributed by atoms with Gasteiger partial charge in [-0.3, -0.25) is 0 Å². The Hall–Kier alpha value is -1.75. The van der Waals surface area contributed by atoms with Crippen LogP contribution in [0.15, 0.2) is 18.2 Å². The maximum Gasteiger partial charge on any atom is 0.340 e. The molecule has 0 heterocycles. The van der Waals surface area contributed by atoms with E-state index in [1.165, 1.54) is 13.2 Å². The summed E-state index contributed by atoms with van der Waals surface area (Å²) in [6.07, 6.45) is 0.831. The number of anilines is 1. The first-order valence-corrected chi connectivity index (χ1v) is 5.89. The van der Waals surface area contributed by atoms with Crippen molar-refractivity contribution in [2.45, 2.75) is 13.3 Å². The van der Waals surface area contributed by atoms with Gasteiger partial charge >= 0.3 is 12.0 Å². The highest BCUT2D eigenvalue weighted by Crippen LogP contribution is 2.21. The van der Waals surface area contributed by atoms with Crippen molar-refractivity contribution in [3.8, 4) is 0 Å². The number of halogens is 1. The zero-order chi connectivity index (χ0) is 13.5. The van der Waals surface area contributed by atoms with Gasteiger partial charge in [-0.05, 0) is 24.6 Å². The molecule has 0 atom stereocenters. The third-order valence-electron chi connectivity index (χ3n) is 2.17. The molecule has 18 heavy (non-hydrogen) atoms. The second-order valence-corrected chi connectivity index (χ2v) is 4.00. The van der Waals surface area contributed by atoms with Crippen molar-refractivity contribution in [2.24, 2.45) is 0 Å². The summed E-state index contributed by atoms with van der Waals surface area (Å²) in [6.45, 7) is 2.51. The van der Waals surface area contributed by atoms with E-state index in [4.69, 9.17) is 11.6 Å². The molecule has 5 nitrogen and oxygen atoms in total. The molecule has 0 aliphatic rings. The highest BCUT2D eigenvalue weighted by Gasteiger charge is 2.14. The minimum Gasteiger partial charge on any atom is -0.465 e. The molecule has 0 radical (unpaired) electrons. The molecule has 0 fully saturated rings. The lowest BCUT2D eigenvalue weighted by Gasteiger charge is -2.10. The van der Waals surface area contributed by atoms with Crippen LogP contribution in [0.1, 0.15) is 23.7 Å². The van der Waals surface area contributed by atoms with Gasteiger partial charge in [-0.2, -0.15) is 0 Å². The summed E-state index contributed by atoms with van der Waals surface area (Å²) >= 11 is 5.80. The van der Waals surface area contributed by atoms with Gasteiger partial charge in [-0.25, -0.2) is 9.59 Å². The van der Waals surface area contributed by atoms with E-state index in [9.17, 15) is 9.59 Å². The molecular weight excluding hydrogens is 256 g/mol. The van der Waals surface area contributed by atoms with Crippen molar-refractivity contribution in [3.05, 3.63) is 28.8 Å². The van der Waals surface area contributed by atoms with Crippen molar-refractivity contribution in [2.75, 3.05) is 19.0 Å². The number of hydrogen-bond donors (Lipinski definition) is 2. The molecule has 0 spiro atoms. The van der Waals surface area contributed by atoms with Crippen LogP contribution in [0.2, 0.25) is 5.02 Å². The fourth-order valence-corrected chi connectivity index (χ4v) is 1.48. The van der Waals surface area contributed by atoms with Crippen LogP contribution in [0.4, 0.5) is 10.5 Å². The minimum atomic E-state index is -0.553. The second kappa shape index (κ2) is 6.86. The average Bonchev–Trinajstić information content (AvgIpc) is 2.37. The molecule has 6 heteroatoms. The minimum absolute atomic E-state index is 0.219. The fraction of sp³-hybridized carbons (Fsp3) is 0.333. The van der Waals surface area contributed by atoms with E-state index < -0.39 is 5.97 Å². The predicted octanol–water partition coefficient (Wildman–Crippen LogP) is 2.66. The van der Waals surface area contributed by atoms with Gasteiger partial charge in [-0.1, -0.05) is 18.5 Å². The van der Waals surface area contributed by atoms with Gasteiger partial charge in [0.1, 0.15) is 0 Å². The second-order valence-electron chi connectivity index (χ2n) is 3.56. The van der Waals surface area contributed by atoms with Crippen LogP contribution in [0.5, 0.6) is 0 Å². The fourth-order valence-electron chi connectivity index (χ4n) is 1.31. The van der Waals surface area contributed by atoms with Crippen molar-refractivity contribution in [1.82, 2.24) is 5.32 Å². The summed E-state index contributed by atoms with van der Waals surface area (Å²) in [5, 5.41) is 5.62. The van der Waals surface area contributed by atoms with E-state index in [-0.39, 0.29) is 11.6 Å². The first kappa shape index (κ1) is 14.3. The number of nitrogens with one attached hydrogen (secondary N) is 2. The SMILES string of the molecule is CCCNC(=O)Nc1ccc(Cl)cc1C(=O)OC. The Labute approximate surface area is 110 Å². The van der Waals surface area contributed by atoms with Crippen molar-refractivity contribution in [1.29, 1.82) is 0 Å². The van der Waals surface area contributed by atoms with Crippen LogP contribution >= 0.6 is 11.6 Å². The van der Waals surface area contributed by atoms with Crippen LogP contribution < -0.4 is 10.6 Å². The average molecular weight is 271 g/mol. The van der Waals surface area contributed by atoms with Gasteiger partial charge in [0.15, 0.2) is 0 Å². The van der Waals surface area contributed by atoms with Gasteiger partial charge in [0, 0.05) is 11.6 Å². The molecule has 0 aliphatic carbocycles. The lowest BCUT2D eigenvalue weighted by molar-refractivity contribution is 0.0602. The van der Waals surface area contributed by atoms with Crippen LogP contribution in [0.3, 0.4) is 0 Å². The number of carbonyl (C=O) groups is 2. The molecule has 0 saturated carbocycles. The van der Waals surface area contributed by atoms with E-state index in [0.717, 1.165) is 6.42 Å². The molecule has 2 amide bonds. The van der Waals surface area contributed by atoms with E-state index in [0.29, 0.717) is 17.3 Å². The van der Waals surface area contributed by atoms with Crippen LogP contribution in [-0.2, 0) is 4.74 Å². The van der Waals surface area contributed by atoms with Gasteiger partial charge in [0.05, 0.1) is 18.4 Å². The summed E-state index contributed by atoms with van der Waals surface area (Å²) in [5.74, 6) is -0.553. The molecule has 1 aromatic rings. The van der Waals surface area contributed by atoms with E-state index in [1.807, 2.05) is 6.92 Å². The first-order chi connectivity index (χ1) is 8.58. The standard InChI is InChI=1S/C12H15ClN2O3/c1-3-6-14-12(17)15-10-5-4-8(13)7-9(10)11(16)18-2/h4-5,7H,3,6H2,1-2H3,(H2,14,15,17). The number of amides is 2. The summed E-state index contributed by atoms with van der Waals surface area (Å²) in [7, 11) is 1.27. The van der Waals surface area contributed by atoms with Gasteiger partial charge in [0.25, 0.3) is 0 Å². The van der Waals surface area contributed by atoms with Gasteiger partial charge in [0.2, 0.25) is 0 Å². The summed E-state index contributed by atoms with van der Waals surface area (Å²) in [4.78, 5) is 23.0. The van der Waals surface area contributed by atoms with E-state index in [2.05, 4.69) is 15.4 Å². The maximum atomic E-state index is 11.5. The lowest BCUT2D eigenvalue weighted by Crippen LogP contribution is -2.29. The predicted molar refractivity (Wildman–Crippen MR) is 70.1 cm³/mol. The molecule has 1 aromatic carbocycles. The zero-order valence-electron chi connectivity index (χ0n) is 10.2. The molecule has 0 unspecified atom stereocenters. The Morgan fingerprint density at radius 3 is 2.72 bits per heavy atom. The van der Waals surface area contributed by atoms with Crippen LogP contribution in [0.25, 0.3) is 0 Å². The summed E-state index contributed by atoms with van der Waals surface area (Å²) < 4.78 is 4.63. The lowest BCUT2D eigenvalue weighted by atomic mass is 10.2. The first-order valence-electron chi connectivity index (χ1n) is 5.51. The van der Waals surface area contributed by atoms with Gasteiger partial charge < -0.3 is 15.4 Å². The topological polar surface area (TPSA) is 67.4 Å². The van der Waals surface area contributed by atoms with Gasteiger partial charge in [-0.15, -0.1) is 0 Å². The molecule has 0 aliphatic heterocycles. The smallest absolute Gasteiger partial charge is 0.340 e. The number of benzene rings is 1. The number of hydrogen-bond acceptors (Lipinski definition) is 3. The highest BCUT2D eigenvalue weighted by molar-refractivity contribution is 6.31. The molecule has 0 saturated heterocycles. The molecule has 1 rings (SSSR count). The maximum absolute atomic E-state index is 11.5. The largest absolute Gasteiger partial charge is 0.465 e. The number of ether oxygens (including phenoxy) is 1. The van der Waals surface area contributed by atoms with Crippen molar-refractivity contribution >= 4 is 29.3 Å². The van der Waals surface area contributed by atoms with Crippen LogP contribution in [-0.4, -0.2) is 25.7 Å². The number of carbonyl (C=O) groups excluding carboxylic acids is 2. The molecule has 0 bridgehead atoms. The number of urea groups is 1. The van der Waals surface area contributed by atoms with E-state index in [1.54, 1.807) is 12.1 Å². The monoisotopic (exact) mass is 270 g/mol. The van der Waals surface area contributed by atoms with E-state index >= 15 is 0 Å². The number of rotatable bonds is 4. The third-order valence-corrected chi connectivity index (χ3v) is 2.41. The highest BCUT2D eigenvalue weighted by atomic mass is 35.5. The Kier molecular flexibility index (Phi) is 5.45.